The first-order chi connectivity index (χ1) is 13.7. The smallest absolute Gasteiger partial charge is 0.224 e. The molecule has 148 valence electrons. The second kappa shape index (κ2) is 8.78. The summed E-state index contributed by atoms with van der Waals surface area (Å²) in [7, 11) is 0. The minimum atomic E-state index is -0.104. The lowest BCUT2D eigenvalue weighted by atomic mass is 10.1. The van der Waals surface area contributed by atoms with Crippen LogP contribution in [0.2, 0.25) is 0 Å². The summed E-state index contributed by atoms with van der Waals surface area (Å²) >= 11 is 1.76. The number of nitrogens with zero attached hydrogens (tertiary/aromatic N) is 2. The predicted octanol–water partition coefficient (Wildman–Crippen LogP) is 4.04. The number of rotatable bonds is 5. The highest BCUT2D eigenvalue weighted by atomic mass is 32.1. The number of hydrogen-bond donors (Lipinski definition) is 1. The molecule has 0 aliphatic carbocycles. The van der Waals surface area contributed by atoms with E-state index >= 15 is 0 Å². The van der Waals surface area contributed by atoms with Gasteiger partial charge in [-0.1, -0.05) is 0 Å². The first kappa shape index (κ1) is 19.0. The maximum atomic E-state index is 12.5. The van der Waals surface area contributed by atoms with Crippen molar-refractivity contribution >= 4 is 34.5 Å². The fraction of sp³-hybridized carbons (Fsp3) is 0.455. The molecule has 0 saturated carbocycles. The zero-order valence-electron chi connectivity index (χ0n) is 16.2. The number of piperidine rings is 1. The largest absolute Gasteiger partial charge is 0.372 e. The van der Waals surface area contributed by atoms with Crippen LogP contribution in [0.5, 0.6) is 0 Å². The summed E-state index contributed by atoms with van der Waals surface area (Å²) in [4.78, 5) is 30.4. The Hall–Kier alpha value is -2.34. The van der Waals surface area contributed by atoms with Crippen LogP contribution in [0.15, 0.2) is 35.7 Å². The molecule has 1 N–H and O–H groups in total. The molecule has 0 atom stereocenters. The predicted molar refractivity (Wildman–Crippen MR) is 114 cm³/mol. The van der Waals surface area contributed by atoms with Crippen molar-refractivity contribution in [1.29, 1.82) is 0 Å². The van der Waals surface area contributed by atoms with Crippen molar-refractivity contribution in [2.24, 2.45) is 0 Å². The van der Waals surface area contributed by atoms with Gasteiger partial charge in [0.2, 0.25) is 11.8 Å². The Bertz CT molecular complexity index is 825. The van der Waals surface area contributed by atoms with Crippen LogP contribution in [0.4, 0.5) is 11.4 Å². The second-order valence-corrected chi connectivity index (χ2v) is 8.58. The minimum absolute atomic E-state index is 0.0625. The van der Waals surface area contributed by atoms with Crippen molar-refractivity contribution in [2.45, 2.75) is 45.1 Å². The van der Waals surface area contributed by atoms with E-state index in [-0.39, 0.29) is 24.7 Å². The number of carbonyl (C=O) groups is 2. The molecular formula is C22H27N3O2S. The van der Waals surface area contributed by atoms with Gasteiger partial charge in [-0.25, -0.2) is 0 Å². The van der Waals surface area contributed by atoms with Crippen molar-refractivity contribution in [3.8, 4) is 0 Å². The van der Waals surface area contributed by atoms with E-state index < -0.39 is 0 Å². The van der Waals surface area contributed by atoms with E-state index in [4.69, 9.17) is 0 Å². The molecule has 2 amide bonds. The molecule has 4 rings (SSSR count). The topological polar surface area (TPSA) is 52.7 Å². The van der Waals surface area contributed by atoms with Crippen molar-refractivity contribution in [2.75, 3.05) is 29.9 Å². The molecular weight excluding hydrogens is 370 g/mol. The van der Waals surface area contributed by atoms with E-state index in [9.17, 15) is 9.59 Å². The van der Waals surface area contributed by atoms with Crippen LogP contribution >= 0.6 is 11.3 Å². The van der Waals surface area contributed by atoms with E-state index in [2.05, 4.69) is 33.8 Å². The SMILES string of the molecule is O=C(CCC(=O)N1CCc2sccc2C1)Nc1ccc(N2CCCCC2)cc1. The highest BCUT2D eigenvalue weighted by Gasteiger charge is 2.21. The first-order valence-corrected chi connectivity index (χ1v) is 11.0. The fourth-order valence-electron chi connectivity index (χ4n) is 3.97. The number of hydrogen-bond acceptors (Lipinski definition) is 4. The number of benzene rings is 1. The molecule has 5 nitrogen and oxygen atoms in total. The van der Waals surface area contributed by atoms with Gasteiger partial charge in [-0.05, 0) is 67.0 Å². The van der Waals surface area contributed by atoms with Crippen LogP contribution in [0, 0.1) is 0 Å². The minimum Gasteiger partial charge on any atom is -0.372 e. The molecule has 2 aromatic rings. The average Bonchev–Trinajstić information content (AvgIpc) is 3.21. The third kappa shape index (κ3) is 4.55. The van der Waals surface area contributed by atoms with Crippen LogP contribution in [-0.2, 0) is 22.6 Å². The summed E-state index contributed by atoms with van der Waals surface area (Å²) in [6.45, 7) is 3.65. The Labute approximate surface area is 170 Å². The highest BCUT2D eigenvalue weighted by molar-refractivity contribution is 7.10. The van der Waals surface area contributed by atoms with Gasteiger partial charge in [0.15, 0.2) is 0 Å². The van der Waals surface area contributed by atoms with Crippen LogP contribution in [0.3, 0.4) is 0 Å². The normalized spacial score (nSPS) is 16.6. The molecule has 0 unspecified atom stereocenters. The van der Waals surface area contributed by atoms with Gasteiger partial charge >= 0.3 is 0 Å². The molecule has 1 aromatic heterocycles. The average molecular weight is 398 g/mol. The van der Waals surface area contributed by atoms with Crippen molar-refractivity contribution < 1.29 is 9.59 Å². The molecule has 6 heteroatoms. The molecule has 1 aromatic carbocycles. The second-order valence-electron chi connectivity index (χ2n) is 7.58. The molecule has 2 aliphatic rings. The summed E-state index contributed by atoms with van der Waals surface area (Å²) in [6, 6.07) is 10.1. The number of carbonyl (C=O) groups excluding carboxylic acids is 2. The summed E-state index contributed by atoms with van der Waals surface area (Å²) in [6.07, 6.45) is 5.22. The molecule has 28 heavy (non-hydrogen) atoms. The highest BCUT2D eigenvalue weighted by Crippen LogP contribution is 2.25. The van der Waals surface area contributed by atoms with E-state index in [0.717, 1.165) is 31.7 Å². The molecule has 3 heterocycles. The van der Waals surface area contributed by atoms with Gasteiger partial charge in [0.25, 0.3) is 0 Å². The number of amides is 2. The zero-order chi connectivity index (χ0) is 19.3. The quantitative estimate of drug-likeness (QED) is 0.828. The maximum Gasteiger partial charge on any atom is 0.224 e. The van der Waals surface area contributed by atoms with Gasteiger partial charge in [0.1, 0.15) is 0 Å². The standard InChI is InChI=1S/C22H27N3O2S/c26-21(8-9-22(27)25-14-10-20-17(16-25)11-15-28-20)23-18-4-6-19(7-5-18)24-12-2-1-3-13-24/h4-7,11,15H,1-3,8-10,12-14,16H2,(H,23,26). The lowest BCUT2D eigenvalue weighted by molar-refractivity contribution is -0.133. The van der Waals surface area contributed by atoms with Crippen molar-refractivity contribution in [1.82, 2.24) is 4.90 Å². The van der Waals surface area contributed by atoms with E-state index in [0.29, 0.717) is 6.54 Å². The number of thiophene rings is 1. The van der Waals surface area contributed by atoms with Crippen molar-refractivity contribution in [3.63, 3.8) is 0 Å². The number of anilines is 2. The fourth-order valence-corrected chi connectivity index (χ4v) is 4.86. The Morgan fingerprint density at radius 2 is 1.75 bits per heavy atom. The van der Waals surface area contributed by atoms with Gasteiger partial charge < -0.3 is 15.1 Å². The van der Waals surface area contributed by atoms with Crippen LogP contribution in [0.1, 0.15) is 42.5 Å². The third-order valence-corrected chi connectivity index (χ3v) is 6.62. The summed E-state index contributed by atoms with van der Waals surface area (Å²) in [5.74, 6) is -0.0419. The van der Waals surface area contributed by atoms with Crippen LogP contribution in [0.25, 0.3) is 0 Å². The molecule has 1 saturated heterocycles. The molecule has 0 spiro atoms. The van der Waals surface area contributed by atoms with Crippen LogP contribution < -0.4 is 10.2 Å². The monoisotopic (exact) mass is 397 g/mol. The zero-order valence-corrected chi connectivity index (χ0v) is 17.0. The van der Waals surface area contributed by atoms with E-state index in [1.165, 1.54) is 35.4 Å². The third-order valence-electron chi connectivity index (χ3n) is 5.60. The lowest BCUT2D eigenvalue weighted by Gasteiger charge is -2.28. The van der Waals surface area contributed by atoms with Crippen LogP contribution in [-0.4, -0.2) is 36.3 Å². The van der Waals surface area contributed by atoms with Gasteiger partial charge in [0.05, 0.1) is 0 Å². The molecule has 1 fully saturated rings. The Morgan fingerprint density at radius 1 is 0.964 bits per heavy atom. The lowest BCUT2D eigenvalue weighted by Crippen LogP contribution is -2.35. The molecule has 2 aliphatic heterocycles. The van der Waals surface area contributed by atoms with E-state index in [1.807, 2.05) is 17.0 Å². The van der Waals surface area contributed by atoms with Gasteiger partial charge in [-0.15, -0.1) is 11.3 Å². The number of nitrogens with one attached hydrogen (secondary N) is 1. The number of fused-ring (bicyclic) bond motifs is 1. The summed E-state index contributed by atoms with van der Waals surface area (Å²) in [5, 5.41) is 5.00. The van der Waals surface area contributed by atoms with Gasteiger partial charge in [-0.3, -0.25) is 9.59 Å². The Morgan fingerprint density at radius 3 is 2.54 bits per heavy atom. The van der Waals surface area contributed by atoms with E-state index in [1.54, 1.807) is 11.3 Å². The molecule has 0 radical (unpaired) electrons. The Kier molecular flexibility index (Phi) is 5.95. The first-order valence-electron chi connectivity index (χ1n) is 10.2. The maximum absolute atomic E-state index is 12.5. The molecule has 0 bridgehead atoms. The van der Waals surface area contributed by atoms with Crippen molar-refractivity contribution in [3.05, 3.63) is 46.2 Å². The summed E-state index contributed by atoms with van der Waals surface area (Å²) < 4.78 is 0. The summed E-state index contributed by atoms with van der Waals surface area (Å²) in [5.41, 5.74) is 3.26. The van der Waals surface area contributed by atoms with Gasteiger partial charge in [-0.2, -0.15) is 0 Å². The van der Waals surface area contributed by atoms with Gasteiger partial charge in [0, 0.05) is 55.3 Å². The Balaban J connectivity index is 1.23.